The van der Waals surface area contributed by atoms with Crippen molar-refractivity contribution in [1.29, 1.82) is 0 Å². The standard InChI is InChI=1S/C24H38O4.C6H14N2/c1-3-5-7-9-11-15-19-27-23(25)21-17-13-14-18-22(21)24(26)28-20-16-12-10-8-6-4-2;7-6(8)4-2-1-3-5-6/h13-14,17-18H,3-12,15-16,19-20H2,1-2H3;1-5,7-8H2. The van der Waals surface area contributed by atoms with Crippen LogP contribution >= 0.6 is 0 Å². The molecule has 0 spiro atoms. The number of unbranched alkanes of at least 4 members (excludes halogenated alkanes) is 10. The Bertz CT molecular complexity index is 664. The van der Waals surface area contributed by atoms with Crippen LogP contribution in [0, 0.1) is 0 Å². The number of ether oxygens (including phenoxy) is 2. The highest BCUT2D eigenvalue weighted by Gasteiger charge is 2.21. The summed E-state index contributed by atoms with van der Waals surface area (Å²) >= 11 is 0. The van der Waals surface area contributed by atoms with Gasteiger partial charge in [0.1, 0.15) is 0 Å². The Labute approximate surface area is 219 Å². The molecule has 6 heteroatoms. The molecule has 2 rings (SSSR count). The molecule has 0 aliphatic heterocycles. The molecule has 1 aliphatic rings. The van der Waals surface area contributed by atoms with Gasteiger partial charge in [-0.3, -0.25) is 0 Å². The fourth-order valence-corrected chi connectivity index (χ4v) is 4.30. The van der Waals surface area contributed by atoms with Crippen LogP contribution in [0.2, 0.25) is 0 Å². The molecule has 6 nitrogen and oxygen atoms in total. The maximum Gasteiger partial charge on any atom is 0.339 e. The zero-order valence-electron chi connectivity index (χ0n) is 23.0. The van der Waals surface area contributed by atoms with Gasteiger partial charge in [-0.2, -0.15) is 0 Å². The van der Waals surface area contributed by atoms with Gasteiger partial charge in [0.2, 0.25) is 0 Å². The molecule has 0 heterocycles. The molecule has 0 amide bonds. The number of hydrogen-bond donors (Lipinski definition) is 2. The van der Waals surface area contributed by atoms with E-state index in [4.69, 9.17) is 20.9 Å². The van der Waals surface area contributed by atoms with Crippen LogP contribution < -0.4 is 11.5 Å². The highest BCUT2D eigenvalue weighted by atomic mass is 16.5. The van der Waals surface area contributed by atoms with Crippen molar-refractivity contribution < 1.29 is 19.1 Å². The van der Waals surface area contributed by atoms with Crippen LogP contribution in [0.1, 0.15) is 144 Å². The number of hydrogen-bond acceptors (Lipinski definition) is 6. The van der Waals surface area contributed by atoms with Gasteiger partial charge in [-0.15, -0.1) is 0 Å². The fraction of sp³-hybridized carbons (Fsp3) is 0.733. The quantitative estimate of drug-likeness (QED) is 0.139. The van der Waals surface area contributed by atoms with E-state index < -0.39 is 11.9 Å². The van der Waals surface area contributed by atoms with Crippen molar-refractivity contribution in [3.63, 3.8) is 0 Å². The maximum absolute atomic E-state index is 12.4. The summed E-state index contributed by atoms with van der Waals surface area (Å²) in [5, 5.41) is 0. The molecule has 36 heavy (non-hydrogen) atoms. The average molecular weight is 505 g/mol. The monoisotopic (exact) mass is 504 g/mol. The SMILES string of the molecule is CCCCCCCCOC(=O)c1ccccc1C(=O)OCCCCCCCC.NC1(N)CCCCC1. The van der Waals surface area contributed by atoms with Gasteiger partial charge in [-0.1, -0.05) is 109 Å². The third kappa shape index (κ3) is 15.2. The van der Waals surface area contributed by atoms with Gasteiger partial charge >= 0.3 is 11.9 Å². The molecule has 0 atom stereocenters. The highest BCUT2D eigenvalue weighted by Crippen LogP contribution is 2.20. The number of benzene rings is 1. The van der Waals surface area contributed by atoms with E-state index in [0.717, 1.165) is 38.5 Å². The fourth-order valence-electron chi connectivity index (χ4n) is 4.30. The second-order valence-corrected chi connectivity index (χ2v) is 10.1. The van der Waals surface area contributed by atoms with Crippen molar-refractivity contribution in [1.82, 2.24) is 0 Å². The lowest BCUT2D eigenvalue weighted by atomic mass is 9.91. The summed E-state index contributed by atoms with van der Waals surface area (Å²) in [6, 6.07) is 6.74. The van der Waals surface area contributed by atoms with Crippen molar-refractivity contribution in [2.45, 2.75) is 129 Å². The van der Waals surface area contributed by atoms with Crippen LogP contribution in [0.5, 0.6) is 0 Å². The summed E-state index contributed by atoms with van der Waals surface area (Å²) in [5.74, 6) is -0.888. The summed E-state index contributed by atoms with van der Waals surface area (Å²) in [7, 11) is 0. The first-order valence-electron chi connectivity index (χ1n) is 14.4. The van der Waals surface area contributed by atoms with Gasteiger partial charge in [0.15, 0.2) is 0 Å². The number of carbonyl (C=O) groups excluding carboxylic acids is 2. The van der Waals surface area contributed by atoms with Crippen molar-refractivity contribution in [2.75, 3.05) is 13.2 Å². The highest BCUT2D eigenvalue weighted by molar-refractivity contribution is 6.03. The molecular formula is C30H52N2O4. The third-order valence-electron chi connectivity index (χ3n) is 6.61. The van der Waals surface area contributed by atoms with E-state index >= 15 is 0 Å². The van der Waals surface area contributed by atoms with E-state index in [1.165, 1.54) is 70.6 Å². The first-order valence-corrected chi connectivity index (χ1v) is 14.4. The Morgan fingerprint density at radius 2 is 1.06 bits per heavy atom. The van der Waals surface area contributed by atoms with Gasteiger partial charge in [0, 0.05) is 0 Å². The second kappa shape index (κ2) is 20.2. The lowest BCUT2D eigenvalue weighted by molar-refractivity contribution is 0.0450. The summed E-state index contributed by atoms with van der Waals surface area (Å²) in [6.07, 6.45) is 19.4. The van der Waals surface area contributed by atoms with Gasteiger partial charge < -0.3 is 20.9 Å². The van der Waals surface area contributed by atoms with Crippen molar-refractivity contribution in [3.8, 4) is 0 Å². The predicted octanol–water partition coefficient (Wildman–Crippen LogP) is 7.29. The Morgan fingerprint density at radius 1 is 0.667 bits per heavy atom. The van der Waals surface area contributed by atoms with E-state index in [1.54, 1.807) is 24.3 Å². The molecule has 1 aromatic carbocycles. The largest absolute Gasteiger partial charge is 0.462 e. The minimum atomic E-state index is -0.444. The molecule has 1 aliphatic carbocycles. The molecular weight excluding hydrogens is 452 g/mol. The lowest BCUT2D eigenvalue weighted by Crippen LogP contribution is -2.50. The molecule has 0 aromatic heterocycles. The molecule has 0 saturated heterocycles. The summed E-state index contributed by atoms with van der Waals surface area (Å²) < 4.78 is 10.7. The van der Waals surface area contributed by atoms with Crippen LogP contribution in [0.4, 0.5) is 0 Å². The molecule has 1 fully saturated rings. The smallest absolute Gasteiger partial charge is 0.339 e. The predicted molar refractivity (Wildman–Crippen MR) is 148 cm³/mol. The van der Waals surface area contributed by atoms with Crippen molar-refractivity contribution >= 4 is 11.9 Å². The first-order chi connectivity index (χ1) is 17.4. The van der Waals surface area contributed by atoms with E-state index in [-0.39, 0.29) is 5.66 Å². The Kier molecular flexibility index (Phi) is 18.0. The van der Waals surface area contributed by atoms with Gasteiger partial charge in [0.05, 0.1) is 30.0 Å². The molecule has 0 radical (unpaired) electrons. The topological polar surface area (TPSA) is 105 Å². The normalized spacial score (nSPS) is 14.4. The maximum atomic E-state index is 12.4. The van der Waals surface area contributed by atoms with Gasteiger partial charge in [-0.25, -0.2) is 9.59 Å². The molecule has 1 aromatic rings. The Balaban J connectivity index is 0.000000681. The molecule has 4 N–H and O–H groups in total. The number of carbonyl (C=O) groups is 2. The van der Waals surface area contributed by atoms with Gasteiger partial charge in [-0.05, 0) is 37.8 Å². The first kappa shape index (κ1) is 32.1. The number of nitrogens with two attached hydrogens (primary N) is 2. The van der Waals surface area contributed by atoms with E-state index in [1.807, 2.05) is 0 Å². The third-order valence-corrected chi connectivity index (χ3v) is 6.61. The van der Waals surface area contributed by atoms with E-state index in [2.05, 4.69) is 13.8 Å². The van der Waals surface area contributed by atoms with Crippen LogP contribution in [0.25, 0.3) is 0 Å². The van der Waals surface area contributed by atoms with E-state index in [0.29, 0.717) is 24.3 Å². The summed E-state index contributed by atoms with van der Waals surface area (Å²) in [6.45, 7) is 5.17. The molecule has 0 bridgehead atoms. The Hall–Kier alpha value is -1.92. The van der Waals surface area contributed by atoms with Gasteiger partial charge in [0.25, 0.3) is 0 Å². The van der Waals surface area contributed by atoms with Crippen LogP contribution in [0.3, 0.4) is 0 Å². The second-order valence-electron chi connectivity index (χ2n) is 10.1. The number of esters is 2. The zero-order chi connectivity index (χ0) is 26.5. The van der Waals surface area contributed by atoms with Crippen LogP contribution in [-0.4, -0.2) is 30.8 Å². The summed E-state index contributed by atoms with van der Waals surface area (Å²) in [5.41, 5.74) is 11.6. The zero-order valence-corrected chi connectivity index (χ0v) is 23.0. The van der Waals surface area contributed by atoms with E-state index in [9.17, 15) is 9.59 Å². The van der Waals surface area contributed by atoms with Crippen molar-refractivity contribution in [2.24, 2.45) is 11.5 Å². The molecule has 206 valence electrons. The molecule has 1 saturated carbocycles. The minimum absolute atomic E-state index is 0.293. The van der Waals surface area contributed by atoms with Crippen LogP contribution in [0.15, 0.2) is 24.3 Å². The Morgan fingerprint density at radius 3 is 1.42 bits per heavy atom. The molecule has 0 unspecified atom stereocenters. The lowest BCUT2D eigenvalue weighted by Gasteiger charge is -2.28. The van der Waals surface area contributed by atoms with Crippen molar-refractivity contribution in [3.05, 3.63) is 35.4 Å². The minimum Gasteiger partial charge on any atom is -0.462 e. The number of rotatable bonds is 16. The average Bonchev–Trinajstić information content (AvgIpc) is 2.87. The van der Waals surface area contributed by atoms with Crippen LogP contribution in [-0.2, 0) is 9.47 Å². The summed E-state index contributed by atoms with van der Waals surface area (Å²) in [4.78, 5) is 24.7.